The van der Waals surface area contributed by atoms with Crippen molar-refractivity contribution in [3.05, 3.63) is 85.1 Å². The summed E-state index contributed by atoms with van der Waals surface area (Å²) in [7, 11) is 5.89. The number of esters is 2. The summed E-state index contributed by atoms with van der Waals surface area (Å²) in [4.78, 5) is 37.2. The van der Waals surface area contributed by atoms with Crippen molar-refractivity contribution in [2.24, 2.45) is 0 Å². The van der Waals surface area contributed by atoms with E-state index in [-0.39, 0.29) is 38.6 Å². The van der Waals surface area contributed by atoms with E-state index in [0.29, 0.717) is 23.9 Å². The van der Waals surface area contributed by atoms with Crippen LogP contribution in [0, 0.1) is 0 Å². The van der Waals surface area contributed by atoms with Gasteiger partial charge < -0.3 is 33.3 Å². The van der Waals surface area contributed by atoms with Gasteiger partial charge in [-0.1, -0.05) is 208 Å². The third-order valence-electron chi connectivity index (χ3n) is 11.6. The van der Waals surface area contributed by atoms with Crippen molar-refractivity contribution in [1.82, 2.24) is 0 Å². The third kappa shape index (κ3) is 52.1. The molecule has 69 heavy (non-hydrogen) atoms. The van der Waals surface area contributed by atoms with Gasteiger partial charge in [-0.05, 0) is 83.5 Å². The van der Waals surface area contributed by atoms with Gasteiger partial charge in [-0.15, -0.1) is 0 Å². The molecule has 0 aromatic rings. The molecule has 0 aliphatic rings. The van der Waals surface area contributed by atoms with E-state index in [0.717, 1.165) is 57.8 Å². The zero-order valence-corrected chi connectivity index (χ0v) is 44.9. The fourth-order valence-corrected chi connectivity index (χ4v) is 7.37. The molecule has 0 heterocycles. The number of hydrogen-bond donors (Lipinski definition) is 0. The number of carboxylic acid groups (broad SMARTS) is 1. The van der Waals surface area contributed by atoms with Crippen LogP contribution in [0.1, 0.15) is 219 Å². The monoisotopic (exact) mass is 966 g/mol. The average Bonchev–Trinajstić information content (AvgIpc) is 3.31. The molecule has 9 nitrogen and oxygen atoms in total. The summed E-state index contributed by atoms with van der Waals surface area (Å²) in [5.74, 6) is -2.37. The van der Waals surface area contributed by atoms with E-state index in [1.807, 2.05) is 27.2 Å². The molecule has 9 heteroatoms. The first-order chi connectivity index (χ1) is 33.6. The zero-order chi connectivity index (χ0) is 50.6. The number of quaternary nitrogens is 1. The SMILES string of the molecule is CC/C=C\C/C=C\C/C=C\C/C=C\C/C=C\CCCC(=O)OC(COC(=O)CCCCCCCCCCCCCCCCC/C=C\C/C=C\CCCCCCC)COC(OCC[N+](C)(C)C)C(=O)[O-]. The lowest BCUT2D eigenvalue weighted by Crippen LogP contribution is -2.44. The number of hydrogen-bond acceptors (Lipinski definition) is 8. The number of carbonyl (C=O) groups is 3. The van der Waals surface area contributed by atoms with Gasteiger partial charge in [-0.3, -0.25) is 9.59 Å². The van der Waals surface area contributed by atoms with E-state index in [1.165, 1.54) is 122 Å². The van der Waals surface area contributed by atoms with Crippen LogP contribution in [0.25, 0.3) is 0 Å². The Morgan fingerprint density at radius 3 is 1.28 bits per heavy atom. The van der Waals surface area contributed by atoms with Gasteiger partial charge in [0.25, 0.3) is 0 Å². The molecule has 0 rings (SSSR count). The summed E-state index contributed by atoms with van der Waals surface area (Å²) >= 11 is 0. The van der Waals surface area contributed by atoms with Crippen molar-refractivity contribution in [3.8, 4) is 0 Å². The first-order valence-electron chi connectivity index (χ1n) is 27.7. The Bertz CT molecular complexity index is 1400. The summed E-state index contributed by atoms with van der Waals surface area (Å²) in [5, 5.41) is 11.7. The van der Waals surface area contributed by atoms with E-state index in [2.05, 4.69) is 92.8 Å². The number of allylic oxidation sites excluding steroid dienone is 14. The van der Waals surface area contributed by atoms with Gasteiger partial charge in [0, 0.05) is 12.8 Å². The topological polar surface area (TPSA) is 111 Å². The molecular formula is C60H103NO8. The molecule has 0 aromatic carbocycles. The Labute approximate surface area is 423 Å². The molecule has 0 saturated heterocycles. The predicted octanol–water partition coefficient (Wildman–Crippen LogP) is 14.7. The lowest BCUT2D eigenvalue weighted by Gasteiger charge is -2.26. The molecule has 0 N–H and O–H groups in total. The Kier molecular flexibility index (Phi) is 48.2. The first-order valence-corrected chi connectivity index (χ1v) is 27.7. The van der Waals surface area contributed by atoms with Crippen LogP contribution in [0.15, 0.2) is 85.1 Å². The minimum Gasteiger partial charge on any atom is -0.545 e. The van der Waals surface area contributed by atoms with Gasteiger partial charge >= 0.3 is 11.9 Å². The van der Waals surface area contributed by atoms with Crippen molar-refractivity contribution in [1.29, 1.82) is 0 Å². The van der Waals surface area contributed by atoms with Gasteiger partial charge in [0.2, 0.25) is 0 Å². The maximum atomic E-state index is 12.8. The van der Waals surface area contributed by atoms with Crippen LogP contribution in [0.2, 0.25) is 0 Å². The van der Waals surface area contributed by atoms with Gasteiger partial charge in [-0.25, -0.2) is 0 Å². The summed E-state index contributed by atoms with van der Waals surface area (Å²) < 4.78 is 22.6. The van der Waals surface area contributed by atoms with Crippen LogP contribution in [-0.4, -0.2) is 82.3 Å². The lowest BCUT2D eigenvalue weighted by molar-refractivity contribution is -0.870. The van der Waals surface area contributed by atoms with Crippen LogP contribution in [0.4, 0.5) is 0 Å². The molecule has 2 atom stereocenters. The molecule has 0 amide bonds. The summed E-state index contributed by atoms with van der Waals surface area (Å²) in [6, 6.07) is 0. The average molecular weight is 966 g/mol. The highest BCUT2D eigenvalue weighted by Gasteiger charge is 2.21. The number of carboxylic acids is 1. The highest BCUT2D eigenvalue weighted by molar-refractivity contribution is 5.70. The summed E-state index contributed by atoms with van der Waals surface area (Å²) in [5.41, 5.74) is 0. The lowest BCUT2D eigenvalue weighted by atomic mass is 10.0. The van der Waals surface area contributed by atoms with E-state index in [1.54, 1.807) is 0 Å². The summed E-state index contributed by atoms with van der Waals surface area (Å²) in [6.07, 6.45) is 63.6. The van der Waals surface area contributed by atoms with Gasteiger partial charge in [0.05, 0.1) is 40.3 Å². The molecule has 0 aromatic heterocycles. The predicted molar refractivity (Wildman–Crippen MR) is 288 cm³/mol. The number of rotatable bonds is 50. The van der Waals surface area contributed by atoms with E-state index >= 15 is 0 Å². The van der Waals surface area contributed by atoms with Crippen molar-refractivity contribution in [3.63, 3.8) is 0 Å². The van der Waals surface area contributed by atoms with Crippen LogP contribution in [-0.2, 0) is 33.3 Å². The summed E-state index contributed by atoms with van der Waals surface area (Å²) in [6.45, 7) is 4.55. The quantitative estimate of drug-likeness (QED) is 0.0195. The van der Waals surface area contributed by atoms with Gasteiger partial charge in [0.15, 0.2) is 12.4 Å². The van der Waals surface area contributed by atoms with Crippen molar-refractivity contribution in [2.45, 2.75) is 232 Å². The van der Waals surface area contributed by atoms with Crippen LogP contribution >= 0.6 is 0 Å². The molecule has 0 aliphatic carbocycles. The highest BCUT2D eigenvalue weighted by atomic mass is 16.7. The zero-order valence-electron chi connectivity index (χ0n) is 44.9. The molecule has 0 radical (unpaired) electrons. The molecule has 0 saturated carbocycles. The second kappa shape index (κ2) is 50.8. The largest absolute Gasteiger partial charge is 0.545 e. The number of likely N-dealkylation sites (N-methyl/N-ethyl adjacent to an activating group) is 1. The Hall–Kier alpha value is -3.53. The minimum atomic E-state index is -1.64. The van der Waals surface area contributed by atoms with Gasteiger partial charge in [0.1, 0.15) is 13.2 Å². The van der Waals surface area contributed by atoms with Crippen molar-refractivity contribution < 1.29 is 42.9 Å². The van der Waals surface area contributed by atoms with Crippen molar-refractivity contribution >= 4 is 17.9 Å². The Morgan fingerprint density at radius 1 is 0.449 bits per heavy atom. The van der Waals surface area contributed by atoms with E-state index in [9.17, 15) is 19.5 Å². The molecule has 2 unspecified atom stereocenters. The fraction of sp³-hybridized carbons (Fsp3) is 0.717. The number of nitrogens with zero attached hydrogens (tertiary/aromatic N) is 1. The molecule has 396 valence electrons. The molecule has 0 bridgehead atoms. The minimum absolute atomic E-state index is 0.134. The first kappa shape index (κ1) is 65.5. The molecule has 0 aliphatic heterocycles. The highest BCUT2D eigenvalue weighted by Crippen LogP contribution is 2.15. The second-order valence-electron chi connectivity index (χ2n) is 19.5. The number of aliphatic carboxylic acids is 1. The maximum absolute atomic E-state index is 12.8. The Morgan fingerprint density at radius 2 is 0.841 bits per heavy atom. The maximum Gasteiger partial charge on any atom is 0.306 e. The normalized spacial score (nSPS) is 13.5. The van der Waals surface area contributed by atoms with E-state index in [4.69, 9.17) is 18.9 Å². The second-order valence-corrected chi connectivity index (χ2v) is 19.5. The van der Waals surface area contributed by atoms with E-state index < -0.39 is 24.3 Å². The number of unbranched alkanes of at least 4 members (excludes halogenated alkanes) is 21. The van der Waals surface area contributed by atoms with Crippen LogP contribution in [0.5, 0.6) is 0 Å². The molecule has 0 spiro atoms. The van der Waals surface area contributed by atoms with Crippen LogP contribution in [0.3, 0.4) is 0 Å². The standard InChI is InChI=1S/C60H103NO8/c1-6-8-10-12-14-16-18-20-22-24-25-26-27-28-29-30-31-32-33-35-36-38-40-42-44-46-48-50-57(62)67-54-56(55-68-60(59(64)65)66-53-52-61(3,4)5)69-58(63)51-49-47-45-43-41-39-37-34-23-21-19-17-15-13-11-9-7-2/h9,11,15,17-18,20-21,23-25,37,39,43,45,56,60H,6-8,10,12-14,16,19,22,26-36,38,40-42,44,46-55H2,1-5H3/b11-9-,17-15-,20-18-,23-21-,25-24-,39-37-,45-43-. The molecular weight excluding hydrogens is 863 g/mol. The van der Waals surface area contributed by atoms with Gasteiger partial charge in [-0.2, -0.15) is 0 Å². The smallest absolute Gasteiger partial charge is 0.306 e. The fourth-order valence-electron chi connectivity index (χ4n) is 7.37. The Balaban J connectivity index is 4.28. The van der Waals surface area contributed by atoms with Crippen LogP contribution < -0.4 is 5.11 Å². The number of ether oxygens (including phenoxy) is 4. The number of carbonyl (C=O) groups excluding carboxylic acids is 3. The third-order valence-corrected chi connectivity index (χ3v) is 11.6. The molecule has 0 fully saturated rings. The van der Waals surface area contributed by atoms with Crippen molar-refractivity contribution in [2.75, 3.05) is 47.5 Å².